The molecule has 0 radical (unpaired) electrons. The Bertz CT molecular complexity index is 472. The molecule has 0 saturated carbocycles. The fourth-order valence-electron chi connectivity index (χ4n) is 1.73. The number of benzene rings is 1. The summed E-state index contributed by atoms with van der Waals surface area (Å²) >= 11 is 0. The molecular weight excluding hydrogens is 244 g/mol. The maximum atomic E-state index is 11.8. The number of carbonyl (C=O) groups excluding carboxylic acids is 2. The van der Waals surface area contributed by atoms with Crippen molar-refractivity contribution in [2.75, 3.05) is 32.6 Å². The number of aryl methyl sites for hydroxylation is 2. The Labute approximate surface area is 113 Å². The van der Waals surface area contributed by atoms with E-state index in [0.717, 1.165) is 16.8 Å². The Morgan fingerprint density at radius 2 is 1.95 bits per heavy atom. The Morgan fingerprint density at radius 1 is 1.26 bits per heavy atom. The van der Waals surface area contributed by atoms with Gasteiger partial charge >= 0.3 is 5.97 Å². The molecule has 0 aliphatic carbocycles. The van der Waals surface area contributed by atoms with Crippen LogP contribution in [0.4, 0.5) is 5.69 Å². The molecule has 0 bridgehead atoms. The Morgan fingerprint density at radius 3 is 2.53 bits per heavy atom. The first kappa shape index (κ1) is 15.2. The quantitative estimate of drug-likeness (QED) is 0.816. The zero-order chi connectivity index (χ0) is 14.4. The van der Waals surface area contributed by atoms with Crippen LogP contribution in [0.15, 0.2) is 18.2 Å². The van der Waals surface area contributed by atoms with Gasteiger partial charge in [0.15, 0.2) is 0 Å². The molecule has 1 rings (SSSR count). The van der Waals surface area contributed by atoms with Crippen LogP contribution in [0.2, 0.25) is 0 Å². The molecule has 0 heterocycles. The van der Waals surface area contributed by atoms with E-state index in [-0.39, 0.29) is 25.0 Å². The van der Waals surface area contributed by atoms with Crippen LogP contribution in [0.3, 0.4) is 0 Å². The number of methoxy groups -OCH3 is 1. The first-order valence-corrected chi connectivity index (χ1v) is 6.05. The highest BCUT2D eigenvalue weighted by Crippen LogP contribution is 2.15. The number of anilines is 1. The normalized spacial score (nSPS) is 10.4. The Kier molecular flexibility index (Phi) is 5.51. The van der Waals surface area contributed by atoms with Gasteiger partial charge in [0.25, 0.3) is 0 Å². The van der Waals surface area contributed by atoms with E-state index >= 15 is 0 Å². The van der Waals surface area contributed by atoms with Gasteiger partial charge in [-0.3, -0.25) is 14.5 Å². The molecule has 0 aliphatic heterocycles. The van der Waals surface area contributed by atoms with Gasteiger partial charge in [0.1, 0.15) is 0 Å². The second kappa shape index (κ2) is 6.89. The van der Waals surface area contributed by atoms with Crippen LogP contribution in [0.25, 0.3) is 0 Å². The first-order chi connectivity index (χ1) is 8.92. The summed E-state index contributed by atoms with van der Waals surface area (Å²) < 4.78 is 4.54. The van der Waals surface area contributed by atoms with Gasteiger partial charge in [0, 0.05) is 5.69 Å². The number of esters is 1. The molecule has 0 spiro atoms. The van der Waals surface area contributed by atoms with E-state index in [9.17, 15) is 9.59 Å². The molecule has 0 fully saturated rings. The number of likely N-dealkylation sites (N-methyl/N-ethyl adjacent to an activating group) is 1. The van der Waals surface area contributed by atoms with E-state index < -0.39 is 0 Å². The van der Waals surface area contributed by atoms with E-state index in [1.54, 1.807) is 11.9 Å². The number of ether oxygens (including phenoxy) is 1. The molecular formula is C14H20N2O3. The van der Waals surface area contributed by atoms with Crippen molar-refractivity contribution in [2.24, 2.45) is 0 Å². The fourth-order valence-corrected chi connectivity index (χ4v) is 1.73. The van der Waals surface area contributed by atoms with Crippen molar-refractivity contribution in [2.45, 2.75) is 13.8 Å². The largest absolute Gasteiger partial charge is 0.468 e. The minimum Gasteiger partial charge on any atom is -0.468 e. The molecule has 0 aromatic heterocycles. The zero-order valence-electron chi connectivity index (χ0n) is 11.8. The van der Waals surface area contributed by atoms with Crippen molar-refractivity contribution in [3.05, 3.63) is 29.3 Å². The summed E-state index contributed by atoms with van der Waals surface area (Å²) in [6.07, 6.45) is 0. The second-order valence-corrected chi connectivity index (χ2v) is 4.61. The summed E-state index contributed by atoms with van der Waals surface area (Å²) in [7, 11) is 3.02. The molecule has 0 saturated heterocycles. The molecule has 1 N–H and O–H groups in total. The van der Waals surface area contributed by atoms with Gasteiger partial charge in [-0.05, 0) is 32.5 Å². The van der Waals surface area contributed by atoms with Gasteiger partial charge in [-0.2, -0.15) is 0 Å². The molecule has 19 heavy (non-hydrogen) atoms. The molecule has 0 atom stereocenters. The minimum atomic E-state index is -0.359. The van der Waals surface area contributed by atoms with E-state index in [1.165, 1.54) is 7.11 Å². The summed E-state index contributed by atoms with van der Waals surface area (Å²) in [6, 6.07) is 5.83. The van der Waals surface area contributed by atoms with Gasteiger partial charge in [-0.1, -0.05) is 17.7 Å². The van der Waals surface area contributed by atoms with Crippen LogP contribution < -0.4 is 5.32 Å². The number of amides is 1. The van der Waals surface area contributed by atoms with Crippen LogP contribution in [-0.4, -0.2) is 44.0 Å². The van der Waals surface area contributed by atoms with Crippen LogP contribution in [0, 0.1) is 13.8 Å². The fraction of sp³-hybridized carbons (Fsp3) is 0.429. The van der Waals surface area contributed by atoms with Gasteiger partial charge in [-0.25, -0.2) is 0 Å². The maximum absolute atomic E-state index is 11.8. The number of rotatable bonds is 5. The lowest BCUT2D eigenvalue weighted by molar-refractivity contribution is -0.141. The van der Waals surface area contributed by atoms with Gasteiger partial charge in [0.05, 0.1) is 20.2 Å². The average Bonchev–Trinajstić information content (AvgIpc) is 2.32. The Hall–Kier alpha value is -1.88. The van der Waals surface area contributed by atoms with Crippen molar-refractivity contribution in [1.82, 2.24) is 4.90 Å². The first-order valence-electron chi connectivity index (χ1n) is 6.05. The number of nitrogens with zero attached hydrogens (tertiary/aromatic N) is 1. The highest BCUT2D eigenvalue weighted by molar-refractivity contribution is 5.93. The van der Waals surface area contributed by atoms with Crippen LogP contribution in [0.1, 0.15) is 11.1 Å². The lowest BCUT2D eigenvalue weighted by Crippen LogP contribution is -2.34. The summed E-state index contributed by atoms with van der Waals surface area (Å²) in [5, 5.41) is 2.83. The smallest absolute Gasteiger partial charge is 0.319 e. The lowest BCUT2D eigenvalue weighted by Gasteiger charge is -2.15. The number of hydrogen-bond donors (Lipinski definition) is 1. The van der Waals surface area contributed by atoms with Crippen molar-refractivity contribution in [3.8, 4) is 0 Å². The summed E-state index contributed by atoms with van der Waals surface area (Å²) in [6.45, 7) is 4.18. The third-order valence-corrected chi connectivity index (χ3v) is 2.70. The standard InChI is InChI=1S/C14H20N2O3/c1-10-5-6-12(11(2)7-10)15-13(17)8-16(3)9-14(18)19-4/h5-7H,8-9H2,1-4H3,(H,15,17). The van der Waals surface area contributed by atoms with E-state index in [4.69, 9.17) is 0 Å². The van der Waals surface area contributed by atoms with Crippen molar-refractivity contribution >= 4 is 17.6 Å². The van der Waals surface area contributed by atoms with Crippen molar-refractivity contribution < 1.29 is 14.3 Å². The maximum Gasteiger partial charge on any atom is 0.319 e. The SMILES string of the molecule is COC(=O)CN(C)CC(=O)Nc1ccc(C)cc1C. The van der Waals surface area contributed by atoms with E-state index in [1.807, 2.05) is 32.0 Å². The summed E-state index contributed by atoms with van der Waals surface area (Å²) in [5.74, 6) is -0.514. The Balaban J connectivity index is 2.53. The predicted octanol–water partition coefficient (Wildman–Crippen LogP) is 1.35. The summed E-state index contributed by atoms with van der Waals surface area (Å²) in [4.78, 5) is 24.5. The van der Waals surface area contributed by atoms with Gasteiger partial charge in [-0.15, -0.1) is 0 Å². The monoisotopic (exact) mass is 264 g/mol. The number of nitrogens with one attached hydrogen (secondary N) is 1. The van der Waals surface area contributed by atoms with E-state index in [2.05, 4.69) is 10.1 Å². The highest BCUT2D eigenvalue weighted by Gasteiger charge is 2.11. The lowest BCUT2D eigenvalue weighted by atomic mass is 10.1. The molecule has 5 nitrogen and oxygen atoms in total. The molecule has 0 aliphatic rings. The molecule has 1 aromatic carbocycles. The number of hydrogen-bond acceptors (Lipinski definition) is 4. The predicted molar refractivity (Wildman–Crippen MR) is 74.1 cm³/mol. The molecule has 1 aromatic rings. The van der Waals surface area contributed by atoms with Crippen LogP contribution >= 0.6 is 0 Å². The second-order valence-electron chi connectivity index (χ2n) is 4.61. The van der Waals surface area contributed by atoms with Crippen molar-refractivity contribution in [1.29, 1.82) is 0 Å². The van der Waals surface area contributed by atoms with Gasteiger partial charge < -0.3 is 10.1 Å². The zero-order valence-corrected chi connectivity index (χ0v) is 11.8. The summed E-state index contributed by atoms with van der Waals surface area (Å²) in [5.41, 5.74) is 2.96. The average molecular weight is 264 g/mol. The molecule has 5 heteroatoms. The number of carbonyl (C=O) groups is 2. The molecule has 104 valence electrons. The molecule has 0 unspecified atom stereocenters. The van der Waals surface area contributed by atoms with Crippen LogP contribution in [-0.2, 0) is 14.3 Å². The van der Waals surface area contributed by atoms with E-state index in [0.29, 0.717) is 0 Å². The molecule has 1 amide bonds. The van der Waals surface area contributed by atoms with Crippen molar-refractivity contribution in [3.63, 3.8) is 0 Å². The third-order valence-electron chi connectivity index (χ3n) is 2.70. The van der Waals surface area contributed by atoms with Crippen LogP contribution in [0.5, 0.6) is 0 Å². The minimum absolute atomic E-state index is 0.0940. The topological polar surface area (TPSA) is 58.6 Å². The van der Waals surface area contributed by atoms with Gasteiger partial charge in [0.2, 0.25) is 5.91 Å². The highest BCUT2D eigenvalue weighted by atomic mass is 16.5. The third kappa shape index (κ3) is 5.09.